The number of benzene rings is 1. The average Bonchev–Trinajstić information content (AvgIpc) is 2.54. The Morgan fingerprint density at radius 3 is 2.57 bits per heavy atom. The number of urea groups is 1. The fourth-order valence-electron chi connectivity index (χ4n) is 2.22. The second kappa shape index (κ2) is 9.46. The number of nitrogens with one attached hydrogen (secondary N) is 1. The third kappa shape index (κ3) is 6.39. The van der Waals surface area contributed by atoms with Crippen molar-refractivity contribution in [2.24, 2.45) is 5.92 Å². The Labute approximate surface area is 136 Å². The van der Waals surface area contributed by atoms with E-state index in [9.17, 15) is 9.59 Å². The van der Waals surface area contributed by atoms with Crippen molar-refractivity contribution in [2.45, 2.75) is 32.2 Å². The minimum absolute atomic E-state index is 0.140. The Morgan fingerprint density at radius 1 is 1.35 bits per heavy atom. The van der Waals surface area contributed by atoms with Crippen LogP contribution in [0.15, 0.2) is 30.3 Å². The second-order valence-electron chi connectivity index (χ2n) is 5.58. The number of carboxylic acids is 1. The van der Waals surface area contributed by atoms with Crippen molar-refractivity contribution in [3.05, 3.63) is 35.9 Å². The fraction of sp³-hybridized carbons (Fsp3) is 0.471. The molecule has 2 unspecified atom stereocenters. The van der Waals surface area contributed by atoms with Crippen molar-refractivity contribution < 1.29 is 14.7 Å². The van der Waals surface area contributed by atoms with Crippen LogP contribution in [0.5, 0.6) is 0 Å². The number of unbranched alkanes of at least 4 members (excludes halogenated alkanes) is 1. The predicted octanol–water partition coefficient (Wildman–Crippen LogP) is 2.78. The van der Waals surface area contributed by atoms with E-state index in [1.165, 1.54) is 4.90 Å². The van der Waals surface area contributed by atoms with Crippen LogP contribution in [0.4, 0.5) is 4.79 Å². The number of amides is 2. The number of hydrogen-bond donors (Lipinski definition) is 2. The summed E-state index contributed by atoms with van der Waals surface area (Å²) in [5, 5.41) is 20.5. The van der Waals surface area contributed by atoms with Gasteiger partial charge in [0.1, 0.15) is 0 Å². The Balaban J connectivity index is 2.70. The lowest BCUT2D eigenvalue weighted by Crippen LogP contribution is -2.42. The molecule has 2 atom stereocenters. The summed E-state index contributed by atoms with van der Waals surface area (Å²) in [5.74, 6) is -1.56. The molecule has 2 amide bonds. The first-order valence-corrected chi connectivity index (χ1v) is 7.62. The average molecular weight is 317 g/mol. The molecule has 1 aromatic rings. The molecule has 1 rings (SSSR count). The monoisotopic (exact) mass is 317 g/mol. The number of nitrogens with zero attached hydrogens (tertiary/aromatic N) is 2. The molecule has 23 heavy (non-hydrogen) atoms. The third-order valence-corrected chi connectivity index (χ3v) is 3.60. The fourth-order valence-corrected chi connectivity index (χ4v) is 2.22. The lowest BCUT2D eigenvalue weighted by Gasteiger charge is -2.25. The van der Waals surface area contributed by atoms with Crippen LogP contribution < -0.4 is 5.32 Å². The number of carbonyl (C=O) groups excluding carboxylic acids is 1. The van der Waals surface area contributed by atoms with Gasteiger partial charge in [0, 0.05) is 20.0 Å². The van der Waals surface area contributed by atoms with E-state index in [0.29, 0.717) is 19.3 Å². The van der Waals surface area contributed by atoms with Crippen LogP contribution in [0, 0.1) is 17.2 Å². The van der Waals surface area contributed by atoms with Crippen molar-refractivity contribution in [3.8, 4) is 6.07 Å². The third-order valence-electron chi connectivity index (χ3n) is 3.60. The van der Waals surface area contributed by atoms with Gasteiger partial charge in [0.05, 0.1) is 18.0 Å². The van der Waals surface area contributed by atoms with Gasteiger partial charge < -0.3 is 15.3 Å². The summed E-state index contributed by atoms with van der Waals surface area (Å²) in [6.45, 7) is 1.70. The van der Waals surface area contributed by atoms with E-state index in [1.54, 1.807) is 14.0 Å². The summed E-state index contributed by atoms with van der Waals surface area (Å²) in [5.41, 5.74) is 0.971. The molecule has 0 fully saturated rings. The van der Waals surface area contributed by atoms with Gasteiger partial charge in [-0.25, -0.2) is 4.79 Å². The van der Waals surface area contributed by atoms with Crippen molar-refractivity contribution in [1.82, 2.24) is 10.2 Å². The van der Waals surface area contributed by atoms with Crippen LogP contribution in [-0.2, 0) is 4.79 Å². The van der Waals surface area contributed by atoms with E-state index < -0.39 is 11.9 Å². The van der Waals surface area contributed by atoms with Crippen molar-refractivity contribution in [2.75, 3.05) is 13.6 Å². The van der Waals surface area contributed by atoms with Gasteiger partial charge in [0.25, 0.3) is 0 Å². The smallest absolute Gasteiger partial charge is 0.317 e. The quantitative estimate of drug-likeness (QED) is 0.721. The first-order valence-electron chi connectivity index (χ1n) is 7.62. The maximum atomic E-state index is 12.3. The number of rotatable bonds is 8. The summed E-state index contributed by atoms with van der Waals surface area (Å²) in [7, 11) is 1.58. The zero-order valence-electron chi connectivity index (χ0n) is 13.5. The first kappa shape index (κ1) is 18.5. The van der Waals surface area contributed by atoms with Gasteiger partial charge in [0.2, 0.25) is 0 Å². The Morgan fingerprint density at radius 2 is 2.00 bits per heavy atom. The number of carbonyl (C=O) groups is 2. The number of nitriles is 1. The van der Waals surface area contributed by atoms with Crippen LogP contribution in [-0.4, -0.2) is 35.6 Å². The van der Waals surface area contributed by atoms with Crippen LogP contribution in [0.1, 0.15) is 37.8 Å². The highest BCUT2D eigenvalue weighted by Crippen LogP contribution is 2.19. The molecule has 6 nitrogen and oxygen atoms in total. The van der Waals surface area contributed by atoms with Crippen molar-refractivity contribution in [3.63, 3.8) is 0 Å². The zero-order chi connectivity index (χ0) is 17.2. The Hall–Kier alpha value is -2.55. The minimum atomic E-state index is -0.932. The highest BCUT2D eigenvalue weighted by Gasteiger charge is 2.20. The van der Waals surface area contributed by atoms with Crippen molar-refractivity contribution in [1.29, 1.82) is 5.26 Å². The molecule has 0 saturated heterocycles. The predicted molar refractivity (Wildman–Crippen MR) is 86.6 cm³/mol. The van der Waals surface area contributed by atoms with E-state index in [-0.39, 0.29) is 18.6 Å². The second-order valence-corrected chi connectivity index (χ2v) is 5.58. The van der Waals surface area contributed by atoms with E-state index in [2.05, 4.69) is 11.4 Å². The van der Waals surface area contributed by atoms with Gasteiger partial charge in [-0.05, 0) is 18.4 Å². The normalized spacial score (nSPS) is 12.7. The van der Waals surface area contributed by atoms with Gasteiger partial charge in [-0.2, -0.15) is 5.26 Å². The van der Waals surface area contributed by atoms with Crippen LogP contribution in [0.25, 0.3) is 0 Å². The molecule has 0 radical (unpaired) electrons. The standard InChI is InChI=1S/C17H23N3O3/c1-13(16(21)22)12-20(2)17(23)19-15(10-6-7-11-18)14-8-4-3-5-9-14/h3-5,8-9,13,15H,6-7,10,12H2,1-2H3,(H,19,23)(H,21,22). The minimum Gasteiger partial charge on any atom is -0.481 e. The number of aliphatic carboxylic acids is 1. The maximum absolute atomic E-state index is 12.3. The van der Waals surface area contributed by atoms with Gasteiger partial charge in [-0.1, -0.05) is 37.3 Å². The maximum Gasteiger partial charge on any atom is 0.317 e. The summed E-state index contributed by atoms with van der Waals surface area (Å²) in [6.07, 6.45) is 1.78. The topological polar surface area (TPSA) is 93.4 Å². The largest absolute Gasteiger partial charge is 0.481 e. The number of carboxylic acid groups (broad SMARTS) is 1. The van der Waals surface area contributed by atoms with Crippen molar-refractivity contribution >= 4 is 12.0 Å². The number of hydrogen-bond acceptors (Lipinski definition) is 3. The molecule has 0 bridgehead atoms. The molecular formula is C17H23N3O3. The molecule has 0 spiro atoms. The molecule has 0 saturated carbocycles. The molecule has 0 aliphatic rings. The summed E-state index contributed by atoms with van der Waals surface area (Å²) in [6, 6.07) is 11.1. The Kier molecular flexibility index (Phi) is 7.61. The van der Waals surface area contributed by atoms with Gasteiger partial charge in [0.15, 0.2) is 0 Å². The Bertz CT molecular complexity index is 554. The van der Waals surface area contributed by atoms with E-state index in [0.717, 1.165) is 5.56 Å². The summed E-state index contributed by atoms with van der Waals surface area (Å²) < 4.78 is 0. The highest BCUT2D eigenvalue weighted by molar-refractivity contribution is 5.76. The van der Waals surface area contributed by atoms with Crippen LogP contribution in [0.2, 0.25) is 0 Å². The van der Waals surface area contributed by atoms with Gasteiger partial charge in [-0.3, -0.25) is 4.79 Å². The molecule has 0 aromatic heterocycles. The molecule has 0 aliphatic heterocycles. The van der Waals surface area contributed by atoms with Gasteiger partial charge >= 0.3 is 12.0 Å². The molecule has 2 N–H and O–H groups in total. The highest BCUT2D eigenvalue weighted by atomic mass is 16.4. The first-order chi connectivity index (χ1) is 11.0. The lowest BCUT2D eigenvalue weighted by atomic mass is 10.0. The molecule has 0 aliphatic carbocycles. The molecule has 6 heteroatoms. The molecule has 0 heterocycles. The van der Waals surface area contributed by atoms with E-state index in [1.807, 2.05) is 30.3 Å². The molecule has 124 valence electrons. The zero-order valence-corrected chi connectivity index (χ0v) is 13.5. The van der Waals surface area contributed by atoms with E-state index in [4.69, 9.17) is 10.4 Å². The van der Waals surface area contributed by atoms with E-state index >= 15 is 0 Å². The SMILES string of the molecule is CC(CN(C)C(=O)NC(CCCC#N)c1ccccc1)C(=O)O. The van der Waals surface area contributed by atoms with Crippen LogP contribution >= 0.6 is 0 Å². The van der Waals surface area contributed by atoms with Crippen LogP contribution in [0.3, 0.4) is 0 Å². The molecule has 1 aromatic carbocycles. The summed E-state index contributed by atoms with van der Waals surface area (Å²) >= 11 is 0. The van der Waals surface area contributed by atoms with Gasteiger partial charge in [-0.15, -0.1) is 0 Å². The summed E-state index contributed by atoms with van der Waals surface area (Å²) in [4.78, 5) is 24.5. The lowest BCUT2D eigenvalue weighted by molar-refractivity contribution is -0.141. The molecular weight excluding hydrogens is 294 g/mol.